The largest absolute Gasteiger partial charge is 0.478 e. The number of carbonyl (C=O) groups excluding carboxylic acids is 1. The van der Waals surface area contributed by atoms with Gasteiger partial charge in [-0.3, -0.25) is 9.89 Å². The Kier molecular flexibility index (Phi) is 12.4. The number of thiazole rings is 1. The highest BCUT2D eigenvalue weighted by molar-refractivity contribution is 7.11. The number of methoxy groups -OCH3 is 1. The van der Waals surface area contributed by atoms with Crippen LogP contribution in [0.3, 0.4) is 0 Å². The molecule has 0 spiro atoms. The number of hydrogen-bond acceptors (Lipinski definition) is 9. The first-order valence-electron chi connectivity index (χ1n) is 10.4. The quantitative estimate of drug-likeness (QED) is 0.437. The Hall–Kier alpha value is -2.76. The molecule has 35 heavy (non-hydrogen) atoms. The maximum absolute atomic E-state index is 12.0. The lowest BCUT2D eigenvalue weighted by Gasteiger charge is -2.29. The van der Waals surface area contributed by atoms with Crippen molar-refractivity contribution in [2.75, 3.05) is 46.5 Å². The summed E-state index contributed by atoms with van der Waals surface area (Å²) >= 11 is 12.6. The smallest absolute Gasteiger partial charge is 0.337 e. The van der Waals surface area contributed by atoms with Crippen LogP contribution < -0.4 is 5.32 Å². The van der Waals surface area contributed by atoms with E-state index in [-0.39, 0.29) is 5.97 Å². The zero-order chi connectivity index (χ0) is 25.6. The van der Waals surface area contributed by atoms with Crippen molar-refractivity contribution < 1.29 is 24.2 Å². The van der Waals surface area contributed by atoms with E-state index in [9.17, 15) is 9.59 Å². The third kappa shape index (κ3) is 10.2. The lowest BCUT2D eigenvalue weighted by atomic mass is 10.1. The van der Waals surface area contributed by atoms with E-state index in [1.165, 1.54) is 18.4 Å². The molecular formula is C23H26Cl2N4O5S. The first-order chi connectivity index (χ1) is 16.8. The molecule has 188 valence electrons. The van der Waals surface area contributed by atoms with Gasteiger partial charge < -0.3 is 19.9 Å². The molecule has 0 amide bonds. The Balaban J connectivity index is 0.000000273. The number of aliphatic carboxylic acids is 1. The molecule has 2 aromatic rings. The Morgan fingerprint density at radius 3 is 2.46 bits per heavy atom. The second kappa shape index (κ2) is 15.3. The van der Waals surface area contributed by atoms with Crippen LogP contribution in [0.5, 0.6) is 0 Å². The molecular weight excluding hydrogens is 515 g/mol. The third-order valence-electron chi connectivity index (χ3n) is 4.54. The Labute approximate surface area is 217 Å². The zero-order valence-electron chi connectivity index (χ0n) is 19.1. The van der Waals surface area contributed by atoms with Crippen LogP contribution in [0.4, 0.5) is 0 Å². The van der Waals surface area contributed by atoms with Gasteiger partial charge in [0.05, 0.1) is 32.4 Å². The van der Waals surface area contributed by atoms with E-state index < -0.39 is 5.97 Å². The number of aliphatic imine (C=N–C) groups is 1. The van der Waals surface area contributed by atoms with Gasteiger partial charge in [0.2, 0.25) is 0 Å². The van der Waals surface area contributed by atoms with E-state index in [1.807, 2.05) is 11.4 Å². The number of ether oxygens (including phenoxy) is 2. The van der Waals surface area contributed by atoms with E-state index in [0.717, 1.165) is 29.9 Å². The van der Waals surface area contributed by atoms with Gasteiger partial charge in [0.15, 0.2) is 10.8 Å². The molecule has 12 heteroatoms. The highest BCUT2D eigenvalue weighted by Gasteiger charge is 2.25. The minimum atomic E-state index is -0.981. The molecule has 4 rings (SSSR count). The van der Waals surface area contributed by atoms with Gasteiger partial charge in [0.1, 0.15) is 0 Å². The van der Waals surface area contributed by atoms with Gasteiger partial charge in [-0.2, -0.15) is 0 Å². The lowest BCUT2D eigenvalue weighted by Crippen LogP contribution is -2.42. The molecule has 0 radical (unpaired) electrons. The molecule has 0 unspecified atom stereocenters. The van der Waals surface area contributed by atoms with Crippen LogP contribution >= 0.6 is 34.5 Å². The van der Waals surface area contributed by atoms with Crippen molar-refractivity contribution in [3.05, 3.63) is 74.8 Å². The van der Waals surface area contributed by atoms with Crippen molar-refractivity contribution in [3.63, 3.8) is 0 Å². The van der Waals surface area contributed by atoms with Gasteiger partial charge in [-0.15, -0.1) is 11.3 Å². The standard InChI is InChI=1S/C14H18N4O3S.C6H4Cl2.C3H4O2/c1-20-14(19)10-8-16-12(13-15-2-7-22-13)17-11(10)9-18-3-5-21-6-4-18;7-5-2-1-3-6(8)4-5;1-2-3(4)5/h2,7H,3-6,8-9H2,1H3,(H,16,17);1-4H;2H,1H2,(H,4,5). The van der Waals surface area contributed by atoms with Crippen molar-refractivity contribution in [2.24, 2.45) is 4.99 Å². The summed E-state index contributed by atoms with van der Waals surface area (Å²) in [5.41, 5.74) is 1.42. The summed E-state index contributed by atoms with van der Waals surface area (Å²) in [6, 6.07) is 7.08. The molecule has 2 aliphatic heterocycles. The van der Waals surface area contributed by atoms with Crippen molar-refractivity contribution in [3.8, 4) is 0 Å². The Bertz CT molecular complexity index is 1040. The number of carboxylic acids is 1. The maximum atomic E-state index is 12.0. The minimum Gasteiger partial charge on any atom is -0.478 e. The molecule has 2 aliphatic rings. The molecule has 9 nitrogen and oxygen atoms in total. The summed E-state index contributed by atoms with van der Waals surface area (Å²) in [5, 5.41) is 14.9. The fourth-order valence-corrected chi connectivity index (χ4v) is 3.90. The van der Waals surface area contributed by atoms with Crippen LogP contribution in [-0.2, 0) is 19.1 Å². The van der Waals surface area contributed by atoms with Gasteiger partial charge >= 0.3 is 11.9 Å². The number of halogens is 2. The second-order valence-corrected chi connectivity index (χ2v) is 8.71. The zero-order valence-corrected chi connectivity index (χ0v) is 21.4. The summed E-state index contributed by atoms with van der Waals surface area (Å²) in [7, 11) is 1.39. The summed E-state index contributed by atoms with van der Waals surface area (Å²) in [6.45, 7) is 7.06. The molecule has 0 atom stereocenters. The van der Waals surface area contributed by atoms with Crippen molar-refractivity contribution in [1.29, 1.82) is 0 Å². The molecule has 0 saturated carbocycles. The van der Waals surface area contributed by atoms with Gasteiger partial charge in [-0.25, -0.2) is 14.6 Å². The Morgan fingerprint density at radius 1 is 1.31 bits per heavy atom. The fourth-order valence-electron chi connectivity index (χ4n) is 2.86. The predicted octanol–water partition coefficient (Wildman–Crippen LogP) is 3.50. The second-order valence-electron chi connectivity index (χ2n) is 6.95. The lowest BCUT2D eigenvalue weighted by molar-refractivity contribution is -0.136. The van der Waals surface area contributed by atoms with Crippen LogP contribution in [0, 0.1) is 0 Å². The molecule has 1 saturated heterocycles. The van der Waals surface area contributed by atoms with E-state index in [2.05, 4.69) is 26.8 Å². The predicted molar refractivity (Wildman–Crippen MR) is 137 cm³/mol. The summed E-state index contributed by atoms with van der Waals surface area (Å²) in [4.78, 5) is 32.1. The normalized spacial score (nSPS) is 15.3. The SMILES string of the molecule is C=CC(=O)O.COC(=O)C1=C(CN2CCOCC2)NC(c2nccs2)=NC1.Clc1cccc(Cl)c1. The number of benzene rings is 1. The molecule has 0 aliphatic carbocycles. The summed E-state index contributed by atoms with van der Waals surface area (Å²) in [5.74, 6) is -0.603. The number of rotatable bonds is 5. The fraction of sp³-hybridized carbons (Fsp3) is 0.304. The topological polar surface area (TPSA) is 113 Å². The number of carbonyl (C=O) groups is 2. The van der Waals surface area contributed by atoms with Crippen molar-refractivity contribution in [1.82, 2.24) is 15.2 Å². The molecule has 2 N–H and O–H groups in total. The van der Waals surface area contributed by atoms with Crippen LogP contribution in [0.2, 0.25) is 10.0 Å². The first kappa shape index (κ1) is 28.5. The molecule has 3 heterocycles. The van der Waals surface area contributed by atoms with E-state index in [0.29, 0.717) is 47.8 Å². The van der Waals surface area contributed by atoms with Gasteiger partial charge in [0.25, 0.3) is 0 Å². The summed E-state index contributed by atoms with van der Waals surface area (Å²) in [6.07, 6.45) is 2.57. The van der Waals surface area contributed by atoms with E-state index >= 15 is 0 Å². The first-order valence-corrected chi connectivity index (χ1v) is 12.1. The third-order valence-corrected chi connectivity index (χ3v) is 5.79. The number of morpholine rings is 1. The average molecular weight is 541 g/mol. The monoisotopic (exact) mass is 540 g/mol. The van der Waals surface area contributed by atoms with Crippen LogP contribution in [0.25, 0.3) is 0 Å². The van der Waals surface area contributed by atoms with Gasteiger partial charge in [-0.05, 0) is 18.2 Å². The van der Waals surface area contributed by atoms with E-state index in [4.69, 9.17) is 37.8 Å². The van der Waals surface area contributed by atoms with Crippen LogP contribution in [0.15, 0.2) is 64.8 Å². The molecule has 0 bridgehead atoms. The number of nitrogens with zero attached hydrogens (tertiary/aromatic N) is 3. The average Bonchev–Trinajstić information content (AvgIpc) is 3.40. The van der Waals surface area contributed by atoms with Crippen molar-refractivity contribution >= 4 is 52.3 Å². The highest BCUT2D eigenvalue weighted by atomic mass is 35.5. The number of carboxylic acid groups (broad SMARTS) is 1. The van der Waals surface area contributed by atoms with E-state index in [1.54, 1.807) is 24.4 Å². The molecule has 1 aromatic carbocycles. The van der Waals surface area contributed by atoms with Crippen molar-refractivity contribution in [2.45, 2.75) is 0 Å². The number of hydrogen-bond donors (Lipinski definition) is 2. The van der Waals surface area contributed by atoms with Crippen LogP contribution in [-0.4, -0.2) is 79.3 Å². The number of amidine groups is 1. The number of nitrogens with one attached hydrogen (secondary N) is 1. The minimum absolute atomic E-state index is 0.314. The summed E-state index contributed by atoms with van der Waals surface area (Å²) < 4.78 is 10.2. The maximum Gasteiger partial charge on any atom is 0.337 e. The molecule has 1 aromatic heterocycles. The van der Waals surface area contributed by atoms with Gasteiger partial charge in [-0.1, -0.05) is 35.8 Å². The highest BCUT2D eigenvalue weighted by Crippen LogP contribution is 2.16. The number of esters is 1. The van der Waals surface area contributed by atoms with Gasteiger partial charge in [0, 0.05) is 53.0 Å². The number of aromatic nitrogens is 1. The molecule has 1 fully saturated rings. The Morgan fingerprint density at radius 2 is 1.97 bits per heavy atom. The van der Waals surface area contributed by atoms with Crippen LogP contribution in [0.1, 0.15) is 5.01 Å².